The Morgan fingerprint density at radius 3 is 2.48 bits per heavy atom. The topological polar surface area (TPSA) is 9.23 Å². The van der Waals surface area contributed by atoms with Crippen LogP contribution in [0.25, 0.3) is 44.8 Å². The quantitative estimate of drug-likeness (QED) is 0.317. The Morgan fingerprint density at radius 1 is 0.759 bits per heavy atom. The zero-order valence-electron chi connectivity index (χ0n) is 16.5. The van der Waals surface area contributed by atoms with Crippen molar-refractivity contribution in [1.82, 2.24) is 0 Å². The van der Waals surface area contributed by atoms with E-state index < -0.39 is 0 Å². The van der Waals surface area contributed by atoms with E-state index in [-0.39, 0.29) is 0 Å². The molecule has 2 aliphatic rings. The lowest BCUT2D eigenvalue weighted by Gasteiger charge is -2.22. The van der Waals surface area contributed by atoms with Gasteiger partial charge in [-0.05, 0) is 76.4 Å². The van der Waals surface area contributed by atoms with Crippen molar-refractivity contribution >= 4 is 33.7 Å². The third kappa shape index (κ3) is 2.54. The highest BCUT2D eigenvalue weighted by atomic mass is 16.5. The lowest BCUT2D eigenvalue weighted by Crippen LogP contribution is -2.04. The highest BCUT2D eigenvalue weighted by molar-refractivity contribution is 6.17. The molecule has 0 amide bonds. The molecule has 0 saturated heterocycles. The monoisotopic (exact) mass is 374 g/mol. The summed E-state index contributed by atoms with van der Waals surface area (Å²) in [7, 11) is 0. The Morgan fingerprint density at radius 2 is 1.59 bits per heavy atom. The van der Waals surface area contributed by atoms with Crippen molar-refractivity contribution in [2.45, 2.75) is 19.8 Å². The Labute approximate surface area is 170 Å². The maximum Gasteiger partial charge on any atom is 0.135 e. The van der Waals surface area contributed by atoms with Crippen LogP contribution in [0.4, 0.5) is 0 Å². The molecule has 0 aromatic heterocycles. The summed E-state index contributed by atoms with van der Waals surface area (Å²) in [5.41, 5.74) is 7.83. The van der Waals surface area contributed by atoms with Gasteiger partial charge in [0.05, 0.1) is 0 Å². The molecule has 0 spiro atoms. The van der Waals surface area contributed by atoms with Gasteiger partial charge >= 0.3 is 0 Å². The van der Waals surface area contributed by atoms with E-state index in [1.165, 1.54) is 54.9 Å². The molecule has 1 aliphatic heterocycles. The number of hydrogen-bond donors (Lipinski definition) is 0. The van der Waals surface area contributed by atoms with Crippen LogP contribution in [0, 0.1) is 6.92 Å². The van der Waals surface area contributed by atoms with E-state index in [2.05, 4.69) is 85.8 Å². The standard InChI is InChI=1S/C28H22O/c1-18-8-10-19(11-9-18)21-13-14-23-24-7-4-16-29-28(24)25-15-12-20-5-2-3-6-22(20)27(25)26(23)17-21/h2,4-5,7-15,17H,3,6,16H2,1H3. The molecule has 4 aromatic rings. The highest BCUT2D eigenvalue weighted by Crippen LogP contribution is 2.44. The average molecular weight is 374 g/mol. The fraction of sp³-hybridized carbons (Fsp3) is 0.143. The van der Waals surface area contributed by atoms with Crippen LogP contribution in [0.1, 0.15) is 28.7 Å². The molecule has 1 heterocycles. The molecule has 1 nitrogen and oxygen atoms in total. The molecule has 0 fully saturated rings. The Kier molecular flexibility index (Phi) is 3.64. The summed E-state index contributed by atoms with van der Waals surface area (Å²) in [6, 6.07) is 20.2. The maximum absolute atomic E-state index is 6.16. The minimum absolute atomic E-state index is 0.645. The summed E-state index contributed by atoms with van der Waals surface area (Å²) < 4.78 is 6.16. The Hall–Kier alpha value is -3.32. The number of hydrogen-bond acceptors (Lipinski definition) is 1. The van der Waals surface area contributed by atoms with Crippen molar-refractivity contribution < 1.29 is 4.74 Å². The van der Waals surface area contributed by atoms with Crippen molar-refractivity contribution in [2.24, 2.45) is 0 Å². The van der Waals surface area contributed by atoms with E-state index in [4.69, 9.17) is 4.74 Å². The van der Waals surface area contributed by atoms with Crippen molar-refractivity contribution in [3.05, 3.63) is 89.0 Å². The number of allylic oxidation sites excluding steroid dienone is 1. The smallest absolute Gasteiger partial charge is 0.135 e. The number of ether oxygens (including phenoxy) is 1. The van der Waals surface area contributed by atoms with Gasteiger partial charge in [0.15, 0.2) is 0 Å². The fourth-order valence-electron chi connectivity index (χ4n) is 4.82. The maximum atomic E-state index is 6.16. The van der Waals surface area contributed by atoms with E-state index >= 15 is 0 Å². The SMILES string of the molecule is Cc1ccc(-c2ccc3c4c(c5ccc6c(c5c3c2)CCC=C6)OCC=C4)cc1. The molecule has 140 valence electrons. The number of aryl methyl sites for hydroxylation is 2. The molecular weight excluding hydrogens is 352 g/mol. The normalized spacial score (nSPS) is 14.7. The van der Waals surface area contributed by atoms with Crippen LogP contribution in [0.2, 0.25) is 0 Å². The molecule has 0 atom stereocenters. The second-order valence-corrected chi connectivity index (χ2v) is 8.08. The van der Waals surface area contributed by atoms with Crippen molar-refractivity contribution in [3.63, 3.8) is 0 Å². The van der Waals surface area contributed by atoms with Crippen molar-refractivity contribution in [1.29, 1.82) is 0 Å². The first-order chi connectivity index (χ1) is 14.3. The summed E-state index contributed by atoms with van der Waals surface area (Å²) in [6.45, 7) is 2.78. The van der Waals surface area contributed by atoms with E-state index in [0.29, 0.717) is 6.61 Å². The molecule has 1 heteroatoms. The molecule has 0 unspecified atom stereocenters. The van der Waals surface area contributed by atoms with Gasteiger partial charge in [-0.3, -0.25) is 0 Å². The Balaban J connectivity index is 1.75. The first-order valence-corrected chi connectivity index (χ1v) is 10.4. The van der Waals surface area contributed by atoms with Crippen LogP contribution in [-0.4, -0.2) is 6.61 Å². The van der Waals surface area contributed by atoms with E-state index in [1.807, 2.05) is 0 Å². The van der Waals surface area contributed by atoms with E-state index in [9.17, 15) is 0 Å². The summed E-state index contributed by atoms with van der Waals surface area (Å²) in [6.07, 6.45) is 11.1. The van der Waals surface area contributed by atoms with Crippen LogP contribution in [0.3, 0.4) is 0 Å². The fourth-order valence-corrected chi connectivity index (χ4v) is 4.82. The van der Waals surface area contributed by atoms with Gasteiger partial charge in [0, 0.05) is 10.9 Å². The third-order valence-corrected chi connectivity index (χ3v) is 6.27. The molecule has 1 aliphatic carbocycles. The molecular formula is C28H22O. The number of fused-ring (bicyclic) bond motifs is 8. The first-order valence-electron chi connectivity index (χ1n) is 10.4. The summed E-state index contributed by atoms with van der Waals surface area (Å²) in [5, 5.41) is 5.22. The highest BCUT2D eigenvalue weighted by Gasteiger charge is 2.20. The summed E-state index contributed by atoms with van der Waals surface area (Å²) >= 11 is 0. The lowest BCUT2D eigenvalue weighted by molar-refractivity contribution is 0.363. The van der Waals surface area contributed by atoms with Crippen LogP contribution in [-0.2, 0) is 6.42 Å². The molecule has 29 heavy (non-hydrogen) atoms. The van der Waals surface area contributed by atoms with Gasteiger partial charge in [0.2, 0.25) is 0 Å². The minimum atomic E-state index is 0.645. The van der Waals surface area contributed by atoms with Gasteiger partial charge in [-0.15, -0.1) is 0 Å². The third-order valence-electron chi connectivity index (χ3n) is 6.27. The van der Waals surface area contributed by atoms with Crippen LogP contribution >= 0.6 is 0 Å². The summed E-state index contributed by atoms with van der Waals surface area (Å²) in [4.78, 5) is 0. The largest absolute Gasteiger partial charge is 0.488 e. The van der Waals surface area contributed by atoms with Gasteiger partial charge in [0.25, 0.3) is 0 Å². The zero-order chi connectivity index (χ0) is 19.4. The molecule has 4 aromatic carbocycles. The summed E-state index contributed by atoms with van der Waals surface area (Å²) in [5.74, 6) is 1.04. The van der Waals surface area contributed by atoms with Crippen molar-refractivity contribution in [2.75, 3.05) is 6.61 Å². The van der Waals surface area contributed by atoms with Crippen molar-refractivity contribution in [3.8, 4) is 16.9 Å². The van der Waals surface area contributed by atoms with Crippen LogP contribution in [0.5, 0.6) is 5.75 Å². The second-order valence-electron chi connectivity index (χ2n) is 8.08. The first kappa shape index (κ1) is 16.6. The van der Waals surface area contributed by atoms with Gasteiger partial charge in [-0.25, -0.2) is 0 Å². The van der Waals surface area contributed by atoms with E-state index in [1.54, 1.807) is 0 Å². The molecule has 0 radical (unpaired) electrons. The second kappa shape index (κ2) is 6.35. The molecule has 0 bridgehead atoms. The predicted octanol–water partition coefficient (Wildman–Crippen LogP) is 7.33. The van der Waals surface area contributed by atoms with Crippen LogP contribution < -0.4 is 4.74 Å². The molecule has 0 saturated carbocycles. The molecule has 0 N–H and O–H groups in total. The van der Waals surface area contributed by atoms with Gasteiger partial charge in [0.1, 0.15) is 12.4 Å². The van der Waals surface area contributed by atoms with Gasteiger partial charge in [-0.2, -0.15) is 0 Å². The minimum Gasteiger partial charge on any atom is -0.488 e. The molecule has 6 rings (SSSR count). The lowest BCUT2D eigenvalue weighted by atomic mass is 9.85. The van der Waals surface area contributed by atoms with Gasteiger partial charge in [-0.1, -0.05) is 66.3 Å². The van der Waals surface area contributed by atoms with Crippen LogP contribution in [0.15, 0.2) is 66.7 Å². The number of rotatable bonds is 1. The van der Waals surface area contributed by atoms with Gasteiger partial charge < -0.3 is 4.74 Å². The zero-order valence-corrected chi connectivity index (χ0v) is 16.5. The Bertz CT molecular complexity index is 1340. The number of benzene rings is 4. The predicted molar refractivity (Wildman–Crippen MR) is 124 cm³/mol. The van der Waals surface area contributed by atoms with E-state index in [0.717, 1.165) is 18.6 Å². The average Bonchev–Trinajstić information content (AvgIpc) is 2.79.